The van der Waals surface area contributed by atoms with E-state index in [4.69, 9.17) is 36.4 Å². The topological polar surface area (TPSA) is 210 Å². The lowest BCUT2D eigenvalue weighted by atomic mass is 9.48. The Bertz CT molecular complexity index is 2180. The molecule has 0 aromatic heterocycles. The second-order valence-corrected chi connectivity index (χ2v) is 18.2. The minimum Gasteiger partial charge on any atom is -0.456 e. The van der Waals surface area contributed by atoms with Gasteiger partial charge in [-0.15, -0.1) is 0 Å². The first-order valence-electron chi connectivity index (χ1n) is 21.0. The molecule has 322 valence electrons. The molecule has 1 saturated heterocycles. The maximum atomic E-state index is 15.5. The molecule has 1 aliphatic heterocycles. The maximum absolute atomic E-state index is 15.5. The first-order valence-corrected chi connectivity index (χ1v) is 20.1. The lowest BCUT2D eigenvalue weighted by Crippen LogP contribution is -2.78. The molecule has 1 heterocycles. The molecule has 2 aromatic carbocycles. The van der Waals surface area contributed by atoms with Gasteiger partial charge in [-0.2, -0.15) is 0 Å². The van der Waals surface area contributed by atoms with Crippen molar-refractivity contribution in [2.75, 3.05) is 6.61 Å². The number of hydrogen-bond acceptors (Lipinski definition) is 14. The van der Waals surface area contributed by atoms with Gasteiger partial charge in [0.2, 0.25) is 1.43 Å². The number of ketones is 1. The highest BCUT2D eigenvalue weighted by Crippen LogP contribution is 2.74. The quantitative estimate of drug-likeness (QED) is 0.172. The van der Waals surface area contributed by atoms with Crippen molar-refractivity contribution in [2.24, 2.45) is 22.7 Å². The van der Waals surface area contributed by atoms with E-state index in [-0.39, 0.29) is 35.3 Å². The van der Waals surface area contributed by atoms with Crippen LogP contribution >= 0.6 is 0 Å². The van der Waals surface area contributed by atoms with Crippen molar-refractivity contribution in [1.82, 2.24) is 5.31 Å². The molecule has 7 rings (SSSR count). The Morgan fingerprint density at radius 3 is 2.17 bits per heavy atom. The van der Waals surface area contributed by atoms with Crippen LogP contribution in [-0.4, -0.2) is 101 Å². The van der Waals surface area contributed by atoms with Gasteiger partial charge in [-0.3, -0.25) is 14.4 Å². The van der Waals surface area contributed by atoms with Crippen LogP contribution in [0.5, 0.6) is 0 Å². The second kappa shape index (κ2) is 15.1. The summed E-state index contributed by atoms with van der Waals surface area (Å²) in [6.07, 6.45) is -8.62. The second-order valence-electron chi connectivity index (χ2n) is 18.2. The number of hydrogen-bond donors (Lipinski definition) is 3. The lowest BCUT2D eigenvalue weighted by molar-refractivity contribution is -0.323. The number of aliphatic hydroxyl groups is 2. The Balaban J connectivity index is 1.39. The largest absolute Gasteiger partial charge is 0.456 e. The van der Waals surface area contributed by atoms with Gasteiger partial charge >= 0.3 is 30.0 Å². The van der Waals surface area contributed by atoms with Gasteiger partial charge in [0, 0.05) is 31.1 Å². The number of alkyl carbamates (subject to hydrolysis) is 1. The average molecular weight is 834 g/mol. The Morgan fingerprint density at radius 1 is 0.950 bits per heavy atom. The fraction of sp³-hybridized carbons (Fsp3) is 0.556. The summed E-state index contributed by atoms with van der Waals surface area (Å²) in [6.45, 7) is 11.7. The van der Waals surface area contributed by atoms with Crippen molar-refractivity contribution < 1.29 is 68.8 Å². The molecule has 2 aromatic rings. The molecule has 4 aliphatic carbocycles. The van der Waals surface area contributed by atoms with E-state index in [0.29, 0.717) is 11.7 Å². The van der Waals surface area contributed by atoms with Gasteiger partial charge in [-0.25, -0.2) is 14.4 Å². The predicted octanol–water partition coefficient (Wildman–Crippen LogP) is 4.47. The molecule has 5 aliphatic rings. The SMILES string of the molecule is [2H]O[C@@H](C(=O)O[C@H]1C[C@@]2(O)[C@@H](OC(=O)c3ccccc3)[C@@H]3[C@]4(OC(C)=O)CO[C@@H]4C[C@@H]4C[C@@]43C(=O)[C@H](OC(C)=O)C(=C1C)C2(C)C)[C@H](c1ccccc1)N([2H])C(=O)OC(C)(C)C. The third-order valence-corrected chi connectivity index (χ3v) is 13.1. The van der Waals surface area contributed by atoms with Crippen molar-refractivity contribution in [3.05, 3.63) is 82.9 Å². The van der Waals surface area contributed by atoms with Gasteiger partial charge in [0.05, 0.1) is 24.1 Å². The fourth-order valence-corrected chi connectivity index (χ4v) is 10.3. The smallest absolute Gasteiger partial charge is 0.408 e. The number of Topliss-reactive ketones (excluding diaryl/α,β-unsaturated/α-hetero) is 1. The number of carbonyl (C=O) groups excluding carboxylic acids is 6. The van der Waals surface area contributed by atoms with Crippen molar-refractivity contribution in [2.45, 2.75) is 128 Å². The van der Waals surface area contributed by atoms with E-state index in [1.54, 1.807) is 77.9 Å². The fourth-order valence-electron chi connectivity index (χ4n) is 10.3. The van der Waals surface area contributed by atoms with Gasteiger partial charge in [0.1, 0.15) is 29.5 Å². The molecule has 0 radical (unpaired) electrons. The maximum Gasteiger partial charge on any atom is 0.408 e. The summed E-state index contributed by atoms with van der Waals surface area (Å²) in [5.74, 6) is -5.82. The van der Waals surface area contributed by atoms with E-state index < -0.39 is 118 Å². The third kappa shape index (κ3) is 7.07. The van der Waals surface area contributed by atoms with E-state index in [1.807, 2.05) is 0 Å². The highest BCUT2D eigenvalue weighted by molar-refractivity contribution is 5.97. The number of rotatable bonds is 10. The van der Waals surface area contributed by atoms with E-state index >= 15 is 4.79 Å². The monoisotopic (exact) mass is 833 g/mol. The molecule has 60 heavy (non-hydrogen) atoms. The number of ether oxygens (including phenoxy) is 6. The van der Waals surface area contributed by atoms with E-state index in [2.05, 4.69) is 0 Å². The molecular weight excluding hydrogens is 778 g/mol. The van der Waals surface area contributed by atoms with E-state index in [1.165, 1.54) is 31.2 Å². The molecule has 2 bridgehead atoms. The van der Waals surface area contributed by atoms with Crippen molar-refractivity contribution in [3.63, 3.8) is 0 Å². The number of benzene rings is 2. The summed E-state index contributed by atoms with van der Waals surface area (Å²) in [4.78, 5) is 83.6. The Hall–Kier alpha value is -5.12. The van der Waals surface area contributed by atoms with Crippen molar-refractivity contribution >= 4 is 35.8 Å². The van der Waals surface area contributed by atoms with Crippen LogP contribution in [0.2, 0.25) is 1.41 Å². The number of fused-ring (bicyclic) bond motifs is 4. The zero-order valence-corrected chi connectivity index (χ0v) is 34.9. The Kier molecular flexibility index (Phi) is 10.1. The number of carbonyl (C=O) groups is 6. The van der Waals surface area contributed by atoms with Crippen LogP contribution in [0.1, 0.15) is 96.6 Å². The summed E-state index contributed by atoms with van der Waals surface area (Å²) in [5, 5.41) is 19.1. The molecule has 1 spiro atoms. The normalized spacial score (nSPS) is 33.8. The standard InChI is InChI=1S/C45H53NO14/c1-23-29(57-39(52)33(49)32(26-15-11-9-12-16-26)46-40(53)60-41(4,5)6)21-45(54)37(58-38(51)27-17-13-10-14-18-27)35-43(36(50)34(56-24(2)47)31(23)42(45,7)8)20-28(43)19-30-44(35,22-55-30)59-25(3)48/h9-18,28-30,32-35,37,49,54H,19-22H2,1-8H3,(H,46,53)/t28-,29+,30-,32+,33-,34-,35+,37+,43-,44+,45-/m1/s1/i49D/hD. The van der Waals surface area contributed by atoms with Gasteiger partial charge in [-0.1, -0.05) is 62.4 Å². The van der Waals surface area contributed by atoms with Gasteiger partial charge in [-0.05, 0) is 75.3 Å². The van der Waals surface area contributed by atoms with Crippen molar-refractivity contribution in [1.29, 1.82) is 1.43 Å². The van der Waals surface area contributed by atoms with Crippen LogP contribution in [-0.2, 0) is 47.6 Å². The number of aliphatic hydroxyl groups excluding tert-OH is 1. The molecule has 3 saturated carbocycles. The van der Waals surface area contributed by atoms with Crippen LogP contribution < -0.4 is 5.31 Å². The molecule has 4 fully saturated rings. The molecular formula is C45H53NO14. The summed E-state index contributed by atoms with van der Waals surface area (Å²) >= 11 is 0. The van der Waals surface area contributed by atoms with E-state index in [9.17, 15) is 29.1 Å². The van der Waals surface area contributed by atoms with Crippen LogP contribution in [0.25, 0.3) is 0 Å². The summed E-state index contributed by atoms with van der Waals surface area (Å²) in [7, 11) is 0. The highest BCUT2D eigenvalue weighted by Gasteiger charge is 2.84. The zero-order chi connectivity index (χ0) is 45.3. The Labute approximate surface area is 351 Å². The highest BCUT2D eigenvalue weighted by atomic mass is 16.6. The van der Waals surface area contributed by atoms with Crippen LogP contribution in [0.3, 0.4) is 0 Å². The summed E-state index contributed by atoms with van der Waals surface area (Å²) in [5.41, 5.74) is -7.28. The summed E-state index contributed by atoms with van der Waals surface area (Å²) < 4.78 is 53.1. The van der Waals surface area contributed by atoms with Crippen LogP contribution in [0, 0.1) is 22.7 Å². The first kappa shape index (κ1) is 40.3. The average Bonchev–Trinajstić information content (AvgIpc) is 3.93. The first-order chi connectivity index (χ1) is 29.0. The number of nitrogens with one attached hydrogen (secondary N) is 1. The Morgan fingerprint density at radius 2 is 1.60 bits per heavy atom. The predicted molar refractivity (Wildman–Crippen MR) is 210 cm³/mol. The summed E-state index contributed by atoms with van der Waals surface area (Å²) in [6, 6.07) is 14.3. The molecule has 15 heteroatoms. The lowest BCUT2D eigenvalue weighted by Gasteiger charge is -2.64. The molecule has 3 N–H and O–H groups in total. The van der Waals surface area contributed by atoms with Gasteiger partial charge < -0.3 is 43.9 Å². The minimum absolute atomic E-state index is 0.0934. The molecule has 15 nitrogen and oxygen atoms in total. The van der Waals surface area contributed by atoms with Crippen LogP contribution in [0.4, 0.5) is 4.79 Å². The number of esters is 4. The molecule has 1 amide bonds. The van der Waals surface area contributed by atoms with Gasteiger partial charge in [0.25, 0.3) is 0 Å². The van der Waals surface area contributed by atoms with E-state index in [0.717, 1.165) is 6.92 Å². The molecule has 11 atom stereocenters. The minimum atomic E-state index is -2.29. The van der Waals surface area contributed by atoms with Crippen LogP contribution in [0.15, 0.2) is 71.8 Å². The van der Waals surface area contributed by atoms with Gasteiger partial charge in [0.15, 0.2) is 25.0 Å². The zero-order valence-electron chi connectivity index (χ0n) is 36.9. The molecule has 0 unspecified atom stereocenters. The van der Waals surface area contributed by atoms with Crippen molar-refractivity contribution in [3.8, 4) is 0 Å². The number of amides is 1. The third-order valence-electron chi connectivity index (χ3n) is 13.1.